The predicted molar refractivity (Wildman–Crippen MR) is 248 cm³/mol. The number of benzene rings is 3. The Hall–Kier alpha value is -3.78. The zero-order chi connectivity index (χ0) is 50.6. The molecule has 0 aromatic heterocycles. The van der Waals surface area contributed by atoms with E-state index in [1.165, 1.54) is 30.3 Å². The van der Waals surface area contributed by atoms with Crippen LogP contribution in [0.5, 0.6) is 0 Å². The number of aliphatic hydroxyl groups excluding tert-OH is 14. The van der Waals surface area contributed by atoms with Crippen molar-refractivity contribution in [1.82, 2.24) is 9.80 Å². The molecule has 0 fully saturated rings. The van der Waals surface area contributed by atoms with Gasteiger partial charge in [-0.2, -0.15) is 0 Å². The highest BCUT2D eigenvalue weighted by molar-refractivity contribution is 9.11. The molecule has 23 nitrogen and oxygen atoms in total. The molecule has 0 heterocycles. The summed E-state index contributed by atoms with van der Waals surface area (Å²) in [4.78, 5) is 57.6. The number of amides is 4. The molecule has 10 unspecified atom stereocenters. The van der Waals surface area contributed by atoms with Crippen molar-refractivity contribution in [2.24, 2.45) is 0 Å². The van der Waals surface area contributed by atoms with Gasteiger partial charge in [0.05, 0.1) is 64.4 Å². The molecule has 18 N–H and O–H groups in total. The Bertz CT molecular complexity index is 2090. The van der Waals surface area contributed by atoms with Gasteiger partial charge in [-0.05, 0) is 103 Å². The van der Waals surface area contributed by atoms with Crippen LogP contribution in [0.2, 0.25) is 0 Å². The maximum absolute atomic E-state index is 14.7. The minimum atomic E-state index is -2.22. The number of hydrogen-bond acceptors (Lipinski definition) is 19. The first kappa shape index (κ1) is 57.5. The maximum Gasteiger partial charge on any atom is 0.256 e. The van der Waals surface area contributed by atoms with Crippen molar-refractivity contribution in [3.8, 4) is 0 Å². The number of carbonyl (C=O) groups is 4. The number of nitrogens with one attached hydrogen (secondary N) is 2. The topological polar surface area (TPSA) is 408 Å². The number of halogens is 3. The van der Waals surface area contributed by atoms with Gasteiger partial charge in [-0.15, -0.1) is 0 Å². The summed E-state index contributed by atoms with van der Waals surface area (Å²) in [7, 11) is 0. The second-order valence-electron chi connectivity index (χ2n) is 15.3. The Labute approximate surface area is 407 Å². The molecule has 0 saturated carbocycles. The molecule has 4 amide bonds. The molecule has 26 heteroatoms. The molecule has 3 rings (SSSR count). The van der Waals surface area contributed by atoms with Crippen LogP contribution in [-0.4, -0.2) is 219 Å². The number of rotatable bonds is 24. The van der Waals surface area contributed by atoms with E-state index in [2.05, 4.69) is 58.4 Å². The van der Waals surface area contributed by atoms with Crippen molar-refractivity contribution >= 4 is 88.5 Å². The minimum absolute atomic E-state index is 0.0500. The van der Waals surface area contributed by atoms with Crippen LogP contribution in [0.4, 0.5) is 17.1 Å². The van der Waals surface area contributed by atoms with Gasteiger partial charge in [-0.1, -0.05) is 0 Å². The summed E-state index contributed by atoms with van der Waals surface area (Å²) in [6, 6.07) is 10.1. The van der Waals surface area contributed by atoms with Crippen LogP contribution >= 0.6 is 47.8 Å². The first-order chi connectivity index (χ1) is 31.4. The van der Waals surface area contributed by atoms with Gasteiger partial charge in [-0.3, -0.25) is 19.2 Å². The number of anilines is 3. The van der Waals surface area contributed by atoms with Crippen LogP contribution in [-0.2, 0) is 0 Å². The van der Waals surface area contributed by atoms with Crippen LogP contribution < -0.4 is 16.4 Å². The number of nitrogens with two attached hydrogens (primary N) is 1. The van der Waals surface area contributed by atoms with E-state index in [1.807, 2.05) is 0 Å². The Balaban J connectivity index is 2.23. The molecule has 3 aromatic carbocycles. The van der Waals surface area contributed by atoms with Crippen LogP contribution in [0.25, 0.3) is 0 Å². The van der Waals surface area contributed by atoms with E-state index in [0.717, 1.165) is 0 Å². The van der Waals surface area contributed by atoms with E-state index < -0.39 is 153 Å². The molecule has 0 aliphatic rings. The van der Waals surface area contributed by atoms with Crippen LogP contribution in [0, 0.1) is 6.92 Å². The summed E-state index contributed by atoms with van der Waals surface area (Å²) in [5, 5.41) is 147. The minimum Gasteiger partial charge on any atom is -0.399 e. The van der Waals surface area contributed by atoms with Gasteiger partial charge in [0.25, 0.3) is 23.6 Å². The summed E-state index contributed by atoms with van der Waals surface area (Å²) in [5.41, 5.74) is 5.88. The quantitative estimate of drug-likeness (QED) is 0.0394. The standard InChI is InChI=1S/C41H54Br3N5O18/c1-17-8-19(45)4-7-23(17)39(65)46-20-5-2-18(3-6-20)38(64)47-33-31(43)28(40(66)48(9-21(54)13-50)11-24(56)34(60)36(62)26(58)15-52)30(42)29(32(33)44)41(67)49(10-22(55)14-51)12-25(57)35(61)37(63)27(59)16-53/h2-8,21-22,24-27,34-37,50-63H,9-16,45H2,1H3,(H,46,65)(H,47,64). The molecule has 3 aromatic rings. The molecular weight excluding hydrogens is 1090 g/mol. The predicted octanol–water partition coefficient (Wildman–Crippen LogP) is -3.17. The van der Waals surface area contributed by atoms with E-state index in [0.29, 0.717) is 26.6 Å². The lowest BCUT2D eigenvalue weighted by Crippen LogP contribution is -2.52. The molecule has 10 atom stereocenters. The summed E-state index contributed by atoms with van der Waals surface area (Å²) in [5.74, 6) is -3.81. The van der Waals surface area contributed by atoms with Crippen LogP contribution in [0.15, 0.2) is 55.9 Å². The molecule has 0 spiro atoms. The Morgan fingerprint density at radius 3 is 1.36 bits per heavy atom. The largest absolute Gasteiger partial charge is 0.399 e. The van der Waals surface area contributed by atoms with Gasteiger partial charge in [0.1, 0.15) is 48.8 Å². The van der Waals surface area contributed by atoms with E-state index in [-0.39, 0.29) is 25.9 Å². The van der Waals surface area contributed by atoms with Crippen molar-refractivity contribution in [2.75, 3.05) is 69.0 Å². The number of aliphatic hydroxyl groups is 14. The summed E-state index contributed by atoms with van der Waals surface area (Å²) in [6.45, 7) is -5.84. The Morgan fingerprint density at radius 2 is 0.970 bits per heavy atom. The average Bonchev–Trinajstić information content (AvgIpc) is 3.30. The van der Waals surface area contributed by atoms with Crippen LogP contribution in [0.1, 0.15) is 47.0 Å². The number of nitrogens with zero attached hydrogens (tertiary/aromatic N) is 2. The monoisotopic (exact) mass is 1140 g/mol. The Morgan fingerprint density at radius 1 is 0.552 bits per heavy atom. The van der Waals surface area contributed by atoms with Crippen molar-refractivity contribution in [1.29, 1.82) is 0 Å². The lowest BCUT2D eigenvalue weighted by molar-refractivity contribution is -0.118. The molecule has 0 aliphatic carbocycles. The van der Waals surface area contributed by atoms with Crippen molar-refractivity contribution in [2.45, 2.75) is 68.0 Å². The normalized spacial score (nSPS) is 16.1. The third kappa shape index (κ3) is 14.9. The fraction of sp³-hybridized carbons (Fsp3) is 0.463. The number of hydrogen-bond donors (Lipinski definition) is 17. The highest BCUT2D eigenvalue weighted by Crippen LogP contribution is 2.44. The van der Waals surface area contributed by atoms with Gasteiger partial charge >= 0.3 is 0 Å². The van der Waals surface area contributed by atoms with Crippen molar-refractivity contribution in [3.63, 3.8) is 0 Å². The van der Waals surface area contributed by atoms with E-state index in [9.17, 15) is 90.7 Å². The maximum atomic E-state index is 14.7. The Kier molecular flexibility index (Phi) is 22.6. The zero-order valence-electron chi connectivity index (χ0n) is 35.5. The van der Waals surface area contributed by atoms with E-state index in [1.54, 1.807) is 19.1 Å². The highest BCUT2D eigenvalue weighted by Gasteiger charge is 2.38. The van der Waals surface area contributed by atoms with Gasteiger partial charge in [0.2, 0.25) is 0 Å². The fourth-order valence-electron chi connectivity index (χ4n) is 6.40. The summed E-state index contributed by atoms with van der Waals surface area (Å²) in [6.07, 6.45) is -20.3. The third-order valence-corrected chi connectivity index (χ3v) is 12.6. The molecule has 67 heavy (non-hydrogen) atoms. The molecule has 0 radical (unpaired) electrons. The van der Waals surface area contributed by atoms with Gasteiger partial charge in [0.15, 0.2) is 0 Å². The van der Waals surface area contributed by atoms with Gasteiger partial charge in [-0.25, -0.2) is 0 Å². The average molecular weight is 1140 g/mol. The van der Waals surface area contributed by atoms with Crippen LogP contribution in [0.3, 0.4) is 0 Å². The smallest absolute Gasteiger partial charge is 0.256 e. The van der Waals surface area contributed by atoms with Crippen molar-refractivity contribution < 1.29 is 90.7 Å². The van der Waals surface area contributed by atoms with Gasteiger partial charge in [0, 0.05) is 53.2 Å². The first-order valence-corrected chi connectivity index (χ1v) is 22.4. The molecule has 0 saturated heterocycles. The molecular formula is C41H54Br3N5O18. The molecule has 0 aliphatic heterocycles. The number of nitrogen functional groups attached to an aromatic ring is 1. The summed E-state index contributed by atoms with van der Waals surface area (Å²) >= 11 is 9.77. The third-order valence-electron chi connectivity index (χ3n) is 10.2. The fourth-order valence-corrected chi connectivity index (χ4v) is 9.26. The number of carbonyl (C=O) groups excluding carboxylic acids is 4. The molecule has 372 valence electrons. The zero-order valence-corrected chi connectivity index (χ0v) is 40.2. The second kappa shape index (κ2) is 26.3. The lowest BCUT2D eigenvalue weighted by Gasteiger charge is -2.33. The van der Waals surface area contributed by atoms with Gasteiger partial charge < -0.3 is 97.7 Å². The second-order valence-corrected chi connectivity index (χ2v) is 17.7. The molecule has 0 bridgehead atoms. The summed E-state index contributed by atoms with van der Waals surface area (Å²) < 4.78 is -1.06. The van der Waals surface area contributed by atoms with E-state index in [4.69, 9.17) is 5.73 Å². The van der Waals surface area contributed by atoms with Crippen molar-refractivity contribution in [3.05, 3.63) is 83.7 Å². The van der Waals surface area contributed by atoms with E-state index >= 15 is 0 Å². The highest BCUT2D eigenvalue weighted by atomic mass is 79.9. The first-order valence-electron chi connectivity index (χ1n) is 20.1. The SMILES string of the molecule is Cc1cc(N)ccc1C(=O)Nc1ccc(C(=O)Nc2c(Br)c(C(=O)N(CC(O)CO)CC(O)C(O)C(O)C(O)CO)c(Br)c(C(=O)N(CC(O)CO)CC(O)C(O)C(O)C(O)CO)c2Br)cc1. The number of aryl methyl sites for hydroxylation is 1. The lowest BCUT2D eigenvalue weighted by atomic mass is 10.0.